The molecule has 0 atom stereocenters. The fraction of sp³-hybridized carbons (Fsp3) is 0.120. The molecule has 1 aliphatic heterocycles. The standard InChI is InChI=1S/C25H22N2OS/c28-24-23(19-21-13-6-2-7-14-21)29-25(27(24)22-16-8-3-9-17-22)26-18-10-15-20-11-4-1-5-12-20/h1-9,11-14,16-17,19H,10,15,18H2/b23-19-,26-25?. The summed E-state index contributed by atoms with van der Waals surface area (Å²) in [5.41, 5.74) is 3.18. The second kappa shape index (κ2) is 9.39. The van der Waals surface area contributed by atoms with Gasteiger partial charge in [-0.15, -0.1) is 0 Å². The predicted molar refractivity (Wildman–Crippen MR) is 123 cm³/mol. The molecule has 3 aromatic carbocycles. The van der Waals surface area contributed by atoms with Crippen LogP contribution in [0.1, 0.15) is 17.5 Å². The smallest absolute Gasteiger partial charge is 0.268 e. The zero-order valence-electron chi connectivity index (χ0n) is 16.1. The summed E-state index contributed by atoms with van der Waals surface area (Å²) >= 11 is 1.45. The van der Waals surface area contributed by atoms with Crippen molar-refractivity contribution in [2.75, 3.05) is 11.4 Å². The molecule has 29 heavy (non-hydrogen) atoms. The van der Waals surface area contributed by atoms with Crippen molar-refractivity contribution in [1.29, 1.82) is 0 Å². The van der Waals surface area contributed by atoms with Crippen molar-refractivity contribution in [3.8, 4) is 0 Å². The van der Waals surface area contributed by atoms with Gasteiger partial charge in [-0.3, -0.25) is 14.7 Å². The van der Waals surface area contributed by atoms with E-state index in [1.165, 1.54) is 17.3 Å². The molecule has 0 aromatic heterocycles. The Bertz CT molecular complexity index is 1010. The highest BCUT2D eigenvalue weighted by Gasteiger charge is 2.34. The third-order valence-corrected chi connectivity index (χ3v) is 5.64. The van der Waals surface area contributed by atoms with E-state index in [1.807, 2.05) is 72.8 Å². The van der Waals surface area contributed by atoms with Gasteiger partial charge in [0.1, 0.15) is 0 Å². The lowest BCUT2D eigenvalue weighted by Crippen LogP contribution is -2.29. The average molecular weight is 399 g/mol. The molecule has 1 fully saturated rings. The number of carbonyl (C=O) groups is 1. The van der Waals surface area contributed by atoms with Crippen LogP contribution in [0.25, 0.3) is 6.08 Å². The highest BCUT2D eigenvalue weighted by Crippen LogP contribution is 2.35. The van der Waals surface area contributed by atoms with Crippen molar-refractivity contribution in [3.05, 3.63) is 107 Å². The van der Waals surface area contributed by atoms with E-state index in [4.69, 9.17) is 4.99 Å². The first-order valence-electron chi connectivity index (χ1n) is 9.74. The molecule has 1 heterocycles. The summed E-state index contributed by atoms with van der Waals surface area (Å²) in [7, 11) is 0. The summed E-state index contributed by atoms with van der Waals surface area (Å²) in [5, 5.41) is 0.747. The van der Waals surface area contributed by atoms with Crippen molar-refractivity contribution in [2.24, 2.45) is 4.99 Å². The van der Waals surface area contributed by atoms with Crippen molar-refractivity contribution in [1.82, 2.24) is 0 Å². The highest BCUT2D eigenvalue weighted by atomic mass is 32.2. The maximum atomic E-state index is 13.1. The number of amidine groups is 1. The van der Waals surface area contributed by atoms with Crippen LogP contribution in [0.3, 0.4) is 0 Å². The number of anilines is 1. The van der Waals surface area contributed by atoms with Crippen LogP contribution >= 0.6 is 11.8 Å². The van der Waals surface area contributed by atoms with Crippen LogP contribution in [0.15, 0.2) is 101 Å². The van der Waals surface area contributed by atoms with E-state index in [1.54, 1.807) is 4.90 Å². The van der Waals surface area contributed by atoms with Crippen molar-refractivity contribution in [2.45, 2.75) is 12.8 Å². The van der Waals surface area contributed by atoms with Crippen molar-refractivity contribution in [3.63, 3.8) is 0 Å². The van der Waals surface area contributed by atoms with Crippen LogP contribution < -0.4 is 4.90 Å². The van der Waals surface area contributed by atoms with Crippen LogP contribution in [0.4, 0.5) is 5.69 Å². The van der Waals surface area contributed by atoms with Gasteiger partial charge in [0.15, 0.2) is 5.17 Å². The highest BCUT2D eigenvalue weighted by molar-refractivity contribution is 8.19. The van der Waals surface area contributed by atoms with Gasteiger partial charge in [0, 0.05) is 6.54 Å². The van der Waals surface area contributed by atoms with E-state index < -0.39 is 0 Å². The van der Waals surface area contributed by atoms with Gasteiger partial charge in [-0.2, -0.15) is 0 Å². The van der Waals surface area contributed by atoms with E-state index in [-0.39, 0.29) is 5.91 Å². The Balaban J connectivity index is 1.54. The third-order valence-electron chi connectivity index (χ3n) is 4.63. The molecule has 144 valence electrons. The minimum atomic E-state index is -0.0214. The first-order chi connectivity index (χ1) is 14.3. The van der Waals surface area contributed by atoms with Gasteiger partial charge in [-0.05, 0) is 53.9 Å². The Hall–Kier alpha value is -3.11. The largest absolute Gasteiger partial charge is 0.271 e. The molecule has 0 saturated carbocycles. The second-order valence-electron chi connectivity index (χ2n) is 6.75. The summed E-state index contributed by atoms with van der Waals surface area (Å²) in [5.74, 6) is -0.0214. The summed E-state index contributed by atoms with van der Waals surface area (Å²) in [6, 6.07) is 30.1. The summed E-state index contributed by atoms with van der Waals surface area (Å²) < 4.78 is 0. The van der Waals surface area contributed by atoms with E-state index in [9.17, 15) is 4.79 Å². The topological polar surface area (TPSA) is 32.7 Å². The van der Waals surface area contributed by atoms with Crippen LogP contribution in [0.5, 0.6) is 0 Å². The molecule has 1 saturated heterocycles. The van der Waals surface area contributed by atoms with Gasteiger partial charge < -0.3 is 0 Å². The molecule has 1 amide bonds. The molecular weight excluding hydrogens is 376 g/mol. The van der Waals surface area contributed by atoms with Gasteiger partial charge in [0.05, 0.1) is 10.6 Å². The van der Waals surface area contributed by atoms with E-state index in [2.05, 4.69) is 24.3 Å². The Morgan fingerprint density at radius 2 is 1.45 bits per heavy atom. The van der Waals surface area contributed by atoms with Gasteiger partial charge in [0.2, 0.25) is 0 Å². The number of hydrogen-bond acceptors (Lipinski definition) is 3. The molecule has 0 bridgehead atoms. The number of nitrogens with zero attached hydrogens (tertiary/aromatic N) is 2. The first kappa shape index (κ1) is 19.2. The number of aliphatic imine (C=N–C) groups is 1. The van der Waals surface area contributed by atoms with E-state index in [0.717, 1.165) is 29.3 Å². The number of aryl methyl sites for hydroxylation is 1. The summed E-state index contributed by atoms with van der Waals surface area (Å²) in [4.78, 5) is 20.3. The lowest BCUT2D eigenvalue weighted by molar-refractivity contribution is -0.113. The quantitative estimate of drug-likeness (QED) is 0.388. The normalized spacial score (nSPS) is 16.7. The van der Waals surface area contributed by atoms with Crippen LogP contribution in [-0.4, -0.2) is 17.6 Å². The lowest BCUT2D eigenvalue weighted by Gasteiger charge is -2.15. The first-order valence-corrected chi connectivity index (χ1v) is 10.6. The minimum absolute atomic E-state index is 0.0214. The third kappa shape index (κ3) is 4.84. The minimum Gasteiger partial charge on any atom is -0.268 e. The molecule has 3 nitrogen and oxygen atoms in total. The SMILES string of the molecule is O=C1/C(=C/c2ccccc2)SC(=NCCCc2ccccc2)N1c1ccccc1. The maximum Gasteiger partial charge on any atom is 0.271 e. The zero-order chi connectivity index (χ0) is 19.9. The number of para-hydroxylation sites is 1. The molecule has 0 unspecified atom stereocenters. The Morgan fingerprint density at radius 3 is 2.14 bits per heavy atom. The number of rotatable bonds is 6. The average Bonchev–Trinajstić information content (AvgIpc) is 3.08. The van der Waals surface area contributed by atoms with Crippen molar-refractivity contribution >= 4 is 34.6 Å². The Kier molecular flexibility index (Phi) is 6.22. The number of hydrogen-bond donors (Lipinski definition) is 0. The Morgan fingerprint density at radius 1 is 0.828 bits per heavy atom. The van der Waals surface area contributed by atoms with Crippen LogP contribution in [0.2, 0.25) is 0 Å². The number of benzene rings is 3. The fourth-order valence-corrected chi connectivity index (χ4v) is 4.19. The van der Waals surface area contributed by atoms with E-state index >= 15 is 0 Å². The second-order valence-corrected chi connectivity index (χ2v) is 7.76. The molecular formula is C25H22N2OS. The predicted octanol–water partition coefficient (Wildman–Crippen LogP) is 5.80. The molecule has 3 aromatic rings. The number of amides is 1. The van der Waals surface area contributed by atoms with Crippen LogP contribution in [0, 0.1) is 0 Å². The molecule has 0 spiro atoms. The zero-order valence-corrected chi connectivity index (χ0v) is 16.9. The maximum absolute atomic E-state index is 13.1. The Labute approximate surface area is 175 Å². The molecule has 0 radical (unpaired) electrons. The lowest BCUT2D eigenvalue weighted by atomic mass is 10.1. The molecule has 1 aliphatic rings. The van der Waals surface area contributed by atoms with Crippen LogP contribution in [-0.2, 0) is 11.2 Å². The van der Waals surface area contributed by atoms with Gasteiger partial charge in [-0.25, -0.2) is 0 Å². The van der Waals surface area contributed by atoms with Crippen molar-refractivity contribution < 1.29 is 4.79 Å². The molecule has 0 N–H and O–H groups in total. The van der Waals surface area contributed by atoms with Gasteiger partial charge >= 0.3 is 0 Å². The van der Waals surface area contributed by atoms with E-state index in [0.29, 0.717) is 11.4 Å². The number of carbonyl (C=O) groups excluding carboxylic acids is 1. The fourth-order valence-electron chi connectivity index (χ4n) is 3.19. The molecule has 4 heteroatoms. The summed E-state index contributed by atoms with van der Waals surface area (Å²) in [6.45, 7) is 0.687. The molecule has 0 aliphatic carbocycles. The van der Waals surface area contributed by atoms with Gasteiger partial charge in [0.25, 0.3) is 5.91 Å². The molecule has 4 rings (SSSR count). The van der Waals surface area contributed by atoms with Gasteiger partial charge in [-0.1, -0.05) is 78.9 Å². The monoisotopic (exact) mass is 398 g/mol. The summed E-state index contributed by atoms with van der Waals surface area (Å²) in [6.07, 6.45) is 3.87. The number of thioether (sulfide) groups is 1.